The van der Waals surface area contributed by atoms with Gasteiger partial charge in [0, 0.05) is 28.6 Å². The van der Waals surface area contributed by atoms with Crippen LogP contribution in [0.4, 0.5) is 11.5 Å². The molecule has 2 N–H and O–H groups in total. The van der Waals surface area contributed by atoms with E-state index in [0.29, 0.717) is 0 Å². The molecule has 3 aromatic heterocycles. The third-order valence-electron chi connectivity index (χ3n) is 4.79. The molecule has 0 unspecified atom stereocenters. The number of nitrogens with one attached hydrogen (secondary N) is 1. The molecule has 0 aromatic carbocycles. The molecular weight excluding hydrogens is 382 g/mol. The molecule has 0 atom stereocenters. The zero-order valence-corrected chi connectivity index (χ0v) is 15.5. The van der Waals surface area contributed by atoms with Crippen LogP contribution in [-0.4, -0.2) is 19.8 Å². The van der Waals surface area contributed by atoms with Gasteiger partial charge in [0.2, 0.25) is 12.4 Å². The Morgan fingerprint density at radius 3 is 2.76 bits per heavy atom. The molecule has 0 bridgehead atoms. The van der Waals surface area contributed by atoms with Gasteiger partial charge in [-0.1, -0.05) is 32.1 Å². The SMILES string of the molecule is O[n+]1ccc(Nc2cc(CC3CCCCC3)nc3c(Br)cnn23)cc1. The summed E-state index contributed by atoms with van der Waals surface area (Å²) in [6.07, 6.45) is 12.6. The molecule has 6 nitrogen and oxygen atoms in total. The molecule has 0 radical (unpaired) electrons. The second-order valence-electron chi connectivity index (χ2n) is 6.66. The molecule has 1 aliphatic rings. The summed E-state index contributed by atoms with van der Waals surface area (Å²) in [4.78, 5) is 4.81. The number of nitrogens with zero attached hydrogens (tertiary/aromatic N) is 4. The molecule has 0 amide bonds. The number of fused-ring (bicyclic) bond motifs is 1. The van der Waals surface area contributed by atoms with Crippen LogP contribution in [0.3, 0.4) is 0 Å². The number of pyridine rings is 1. The number of halogens is 1. The summed E-state index contributed by atoms with van der Waals surface area (Å²) in [5.41, 5.74) is 2.80. The van der Waals surface area contributed by atoms with Gasteiger partial charge in [0.1, 0.15) is 5.82 Å². The van der Waals surface area contributed by atoms with E-state index in [4.69, 9.17) is 4.98 Å². The molecule has 25 heavy (non-hydrogen) atoms. The predicted molar refractivity (Wildman–Crippen MR) is 98.1 cm³/mol. The van der Waals surface area contributed by atoms with Gasteiger partial charge in [0.25, 0.3) is 0 Å². The third-order valence-corrected chi connectivity index (χ3v) is 5.35. The topological polar surface area (TPSA) is 66.3 Å². The summed E-state index contributed by atoms with van der Waals surface area (Å²) in [7, 11) is 0. The first-order chi connectivity index (χ1) is 12.2. The summed E-state index contributed by atoms with van der Waals surface area (Å²) < 4.78 is 3.71. The van der Waals surface area contributed by atoms with Gasteiger partial charge < -0.3 is 5.32 Å². The van der Waals surface area contributed by atoms with E-state index in [1.54, 1.807) is 23.1 Å². The van der Waals surface area contributed by atoms with Gasteiger partial charge in [0.05, 0.1) is 16.4 Å². The zero-order valence-electron chi connectivity index (χ0n) is 13.9. The van der Waals surface area contributed by atoms with Gasteiger partial charge in [-0.2, -0.15) is 9.61 Å². The van der Waals surface area contributed by atoms with Crippen molar-refractivity contribution in [2.45, 2.75) is 38.5 Å². The Morgan fingerprint density at radius 1 is 1.24 bits per heavy atom. The summed E-state index contributed by atoms with van der Waals surface area (Å²) in [6.45, 7) is 0. The van der Waals surface area contributed by atoms with Crippen molar-refractivity contribution in [2.24, 2.45) is 5.92 Å². The molecule has 3 aromatic rings. The Hall–Kier alpha value is -2.15. The second kappa shape index (κ2) is 7.00. The smallest absolute Gasteiger partial charge is 0.224 e. The fraction of sp³-hybridized carbons (Fsp3) is 0.389. The van der Waals surface area contributed by atoms with Gasteiger partial charge in [-0.3, -0.25) is 5.21 Å². The lowest BCUT2D eigenvalue weighted by Crippen LogP contribution is -2.27. The van der Waals surface area contributed by atoms with Gasteiger partial charge in [-0.05, 0) is 28.3 Å². The molecule has 0 aliphatic heterocycles. The van der Waals surface area contributed by atoms with Crippen molar-refractivity contribution < 1.29 is 9.94 Å². The van der Waals surface area contributed by atoms with E-state index in [2.05, 4.69) is 32.4 Å². The van der Waals surface area contributed by atoms with Crippen molar-refractivity contribution in [3.63, 3.8) is 0 Å². The fourth-order valence-electron chi connectivity index (χ4n) is 3.52. The summed E-state index contributed by atoms with van der Waals surface area (Å²) in [6, 6.07) is 5.71. The first-order valence-corrected chi connectivity index (χ1v) is 9.49. The van der Waals surface area contributed by atoms with E-state index in [0.717, 1.165) is 44.4 Å². The highest BCUT2D eigenvalue weighted by molar-refractivity contribution is 9.10. The van der Waals surface area contributed by atoms with Crippen LogP contribution in [0.15, 0.2) is 41.3 Å². The van der Waals surface area contributed by atoms with Crippen LogP contribution in [0.2, 0.25) is 0 Å². The molecule has 0 saturated heterocycles. The van der Waals surface area contributed by atoms with E-state index in [1.807, 2.05) is 12.1 Å². The molecule has 7 heteroatoms. The average molecular weight is 403 g/mol. The van der Waals surface area contributed by atoms with Crippen molar-refractivity contribution in [3.8, 4) is 0 Å². The summed E-state index contributed by atoms with van der Waals surface area (Å²) >= 11 is 3.55. The lowest BCUT2D eigenvalue weighted by atomic mass is 9.86. The van der Waals surface area contributed by atoms with Crippen molar-refractivity contribution in [3.05, 3.63) is 47.0 Å². The predicted octanol–water partition coefficient (Wildman–Crippen LogP) is 3.88. The minimum Gasteiger partial charge on any atom is -0.340 e. The van der Waals surface area contributed by atoms with Crippen molar-refractivity contribution in [2.75, 3.05) is 5.32 Å². The summed E-state index contributed by atoms with van der Waals surface area (Å²) in [5, 5.41) is 17.2. The van der Waals surface area contributed by atoms with Crippen LogP contribution in [0.25, 0.3) is 5.65 Å². The van der Waals surface area contributed by atoms with E-state index >= 15 is 0 Å². The molecule has 1 fully saturated rings. The Balaban J connectivity index is 1.67. The van der Waals surface area contributed by atoms with Gasteiger partial charge in [0.15, 0.2) is 5.65 Å². The molecule has 4 rings (SSSR count). The highest BCUT2D eigenvalue weighted by Crippen LogP contribution is 2.29. The summed E-state index contributed by atoms with van der Waals surface area (Å²) in [5.74, 6) is 1.60. The van der Waals surface area contributed by atoms with Crippen molar-refractivity contribution >= 4 is 33.1 Å². The Morgan fingerprint density at radius 2 is 2.00 bits per heavy atom. The Kier molecular flexibility index (Phi) is 4.57. The second-order valence-corrected chi connectivity index (χ2v) is 7.51. The molecule has 3 heterocycles. The number of rotatable bonds is 4. The minimum atomic E-state index is 0.725. The zero-order chi connectivity index (χ0) is 17.2. The lowest BCUT2D eigenvalue weighted by molar-refractivity contribution is -0.904. The average Bonchev–Trinajstić information content (AvgIpc) is 2.99. The first-order valence-electron chi connectivity index (χ1n) is 8.70. The molecular formula is C18H21BrN5O+. The minimum absolute atomic E-state index is 0.725. The van der Waals surface area contributed by atoms with Crippen LogP contribution < -0.4 is 10.0 Å². The van der Waals surface area contributed by atoms with E-state index < -0.39 is 0 Å². The molecule has 130 valence electrons. The maximum absolute atomic E-state index is 9.38. The van der Waals surface area contributed by atoms with Crippen LogP contribution in [0.1, 0.15) is 37.8 Å². The number of hydrogen-bond acceptors (Lipinski definition) is 4. The quantitative estimate of drug-likeness (QED) is 0.513. The largest absolute Gasteiger partial charge is 0.340 e. The number of anilines is 2. The molecule has 1 aliphatic carbocycles. The van der Waals surface area contributed by atoms with E-state index in [1.165, 1.54) is 32.1 Å². The maximum atomic E-state index is 9.38. The van der Waals surface area contributed by atoms with Gasteiger partial charge in [-0.25, -0.2) is 4.98 Å². The standard InChI is InChI=1S/C18H20BrN5O/c19-16-12-20-24-17(21-14-6-8-23(25)9-7-14)11-15(22-18(16)24)10-13-4-2-1-3-5-13/h6-9,11-13,25H,1-5,10H2/p+1. The van der Waals surface area contributed by atoms with Crippen LogP contribution in [0, 0.1) is 5.92 Å². The number of aromatic nitrogens is 4. The molecule has 1 saturated carbocycles. The van der Waals surface area contributed by atoms with E-state index in [9.17, 15) is 5.21 Å². The highest BCUT2D eigenvalue weighted by atomic mass is 79.9. The fourth-order valence-corrected chi connectivity index (χ4v) is 3.86. The Labute approximate surface area is 154 Å². The van der Waals surface area contributed by atoms with Crippen LogP contribution in [-0.2, 0) is 6.42 Å². The normalized spacial score (nSPS) is 15.6. The monoisotopic (exact) mass is 402 g/mol. The first kappa shape index (κ1) is 16.3. The van der Waals surface area contributed by atoms with Crippen molar-refractivity contribution in [1.82, 2.24) is 14.6 Å². The van der Waals surface area contributed by atoms with Crippen LogP contribution >= 0.6 is 15.9 Å². The molecule has 0 spiro atoms. The Bertz CT molecular complexity index is 871. The third kappa shape index (κ3) is 3.61. The lowest BCUT2D eigenvalue weighted by Gasteiger charge is -2.21. The van der Waals surface area contributed by atoms with Gasteiger partial charge >= 0.3 is 0 Å². The van der Waals surface area contributed by atoms with Crippen LogP contribution in [0.5, 0.6) is 0 Å². The number of hydrogen-bond donors (Lipinski definition) is 2. The van der Waals surface area contributed by atoms with Gasteiger partial charge in [-0.15, -0.1) is 0 Å². The highest BCUT2D eigenvalue weighted by Gasteiger charge is 2.17. The van der Waals surface area contributed by atoms with Crippen molar-refractivity contribution in [1.29, 1.82) is 0 Å². The van der Waals surface area contributed by atoms with E-state index in [-0.39, 0.29) is 0 Å². The maximum Gasteiger partial charge on any atom is 0.224 e.